The Morgan fingerprint density at radius 2 is 2.00 bits per heavy atom. The van der Waals surface area contributed by atoms with Gasteiger partial charge in [-0.1, -0.05) is 12.1 Å². The number of hydrogen-bond acceptors (Lipinski definition) is 4. The first kappa shape index (κ1) is 16.8. The molecule has 0 bridgehead atoms. The largest absolute Gasteiger partial charge is 0.337 e. The van der Waals surface area contributed by atoms with E-state index in [-0.39, 0.29) is 29.9 Å². The van der Waals surface area contributed by atoms with Crippen LogP contribution in [0.25, 0.3) is 11.0 Å². The predicted octanol–water partition coefficient (Wildman–Crippen LogP) is 1.49. The fourth-order valence-electron chi connectivity index (χ4n) is 2.62. The van der Waals surface area contributed by atoms with E-state index in [1.165, 1.54) is 38.8 Å². The van der Waals surface area contributed by atoms with Gasteiger partial charge < -0.3 is 4.90 Å². The molecule has 7 nitrogen and oxygen atoms in total. The number of aromatic nitrogens is 4. The minimum Gasteiger partial charge on any atom is -0.337 e. The van der Waals surface area contributed by atoms with Crippen LogP contribution in [0.5, 0.6) is 0 Å². The quantitative estimate of drug-likeness (QED) is 0.719. The molecule has 1 amide bonds. The Labute approximate surface area is 143 Å². The van der Waals surface area contributed by atoms with Crippen LogP contribution in [0.15, 0.2) is 41.6 Å². The van der Waals surface area contributed by atoms with E-state index in [2.05, 4.69) is 10.1 Å². The molecule has 25 heavy (non-hydrogen) atoms. The second-order valence-electron chi connectivity index (χ2n) is 5.92. The van der Waals surface area contributed by atoms with Crippen molar-refractivity contribution in [1.29, 1.82) is 0 Å². The van der Waals surface area contributed by atoms with Crippen molar-refractivity contribution in [3.8, 4) is 0 Å². The van der Waals surface area contributed by atoms with Gasteiger partial charge in [0.1, 0.15) is 24.1 Å². The number of halogens is 1. The molecule has 1 atom stereocenters. The number of hydrogen-bond donors (Lipinski definition) is 0. The number of carbonyl (C=O) groups is 1. The fourth-order valence-corrected chi connectivity index (χ4v) is 2.62. The number of aryl methyl sites for hydroxylation is 1. The third-order valence-electron chi connectivity index (χ3n) is 4.35. The van der Waals surface area contributed by atoms with Crippen LogP contribution >= 0.6 is 0 Å². The summed E-state index contributed by atoms with van der Waals surface area (Å²) in [5.74, 6) is -0.573. The Balaban J connectivity index is 1.80. The highest BCUT2D eigenvalue weighted by Gasteiger charge is 2.19. The monoisotopic (exact) mass is 343 g/mol. The molecule has 0 fully saturated rings. The summed E-state index contributed by atoms with van der Waals surface area (Å²) in [4.78, 5) is 30.7. The molecule has 8 heteroatoms. The number of carbonyl (C=O) groups excluding carboxylic acids is 1. The smallest absolute Gasteiger partial charge is 0.264 e. The van der Waals surface area contributed by atoms with E-state index in [1.807, 2.05) is 6.92 Å². The number of amides is 1. The minimum absolute atomic E-state index is 0.126. The van der Waals surface area contributed by atoms with Crippen molar-refractivity contribution in [2.45, 2.75) is 19.5 Å². The van der Waals surface area contributed by atoms with Gasteiger partial charge in [-0.05, 0) is 24.6 Å². The lowest BCUT2D eigenvalue weighted by Crippen LogP contribution is -2.35. The Morgan fingerprint density at radius 1 is 1.32 bits per heavy atom. The number of rotatable bonds is 4. The van der Waals surface area contributed by atoms with E-state index >= 15 is 0 Å². The lowest BCUT2D eigenvalue weighted by atomic mass is 10.1. The van der Waals surface area contributed by atoms with Crippen molar-refractivity contribution in [3.63, 3.8) is 0 Å². The molecule has 0 radical (unpaired) electrons. The molecule has 0 aliphatic carbocycles. The molecule has 0 N–H and O–H groups in total. The summed E-state index contributed by atoms with van der Waals surface area (Å²) in [7, 11) is 3.35. The van der Waals surface area contributed by atoms with Crippen molar-refractivity contribution in [3.05, 3.63) is 58.5 Å². The number of likely N-dealkylation sites (N-methyl/N-ethyl adjacent to an activating group) is 1. The number of fused-ring (bicyclic) bond motifs is 1. The molecule has 2 heterocycles. The van der Waals surface area contributed by atoms with Crippen LogP contribution in [0, 0.1) is 5.82 Å². The van der Waals surface area contributed by atoms with Crippen molar-refractivity contribution < 1.29 is 9.18 Å². The van der Waals surface area contributed by atoms with Crippen LogP contribution in [0.2, 0.25) is 0 Å². The molecule has 0 aliphatic heterocycles. The highest BCUT2D eigenvalue weighted by Crippen LogP contribution is 2.19. The van der Waals surface area contributed by atoms with Gasteiger partial charge in [-0.2, -0.15) is 5.10 Å². The molecule has 130 valence electrons. The van der Waals surface area contributed by atoms with Crippen LogP contribution in [-0.4, -0.2) is 37.2 Å². The maximum Gasteiger partial charge on any atom is 0.264 e. The van der Waals surface area contributed by atoms with Gasteiger partial charge in [-0.25, -0.2) is 9.37 Å². The van der Waals surface area contributed by atoms with Crippen LogP contribution in [0.3, 0.4) is 0 Å². The third-order valence-corrected chi connectivity index (χ3v) is 4.35. The zero-order valence-electron chi connectivity index (χ0n) is 14.2. The molecule has 1 unspecified atom stereocenters. The van der Waals surface area contributed by atoms with Crippen LogP contribution < -0.4 is 5.56 Å². The Bertz CT molecular complexity index is 977. The summed E-state index contributed by atoms with van der Waals surface area (Å²) in [6.07, 6.45) is 2.79. The van der Waals surface area contributed by atoms with Crippen molar-refractivity contribution in [1.82, 2.24) is 24.2 Å². The average molecular weight is 343 g/mol. The molecule has 0 aliphatic rings. The molecule has 3 rings (SSSR count). The van der Waals surface area contributed by atoms with Crippen LogP contribution in [-0.2, 0) is 18.4 Å². The zero-order valence-corrected chi connectivity index (χ0v) is 14.2. The van der Waals surface area contributed by atoms with E-state index < -0.39 is 0 Å². The first-order chi connectivity index (χ1) is 11.9. The highest BCUT2D eigenvalue weighted by atomic mass is 19.1. The maximum absolute atomic E-state index is 13.0. The van der Waals surface area contributed by atoms with Crippen molar-refractivity contribution in [2.75, 3.05) is 7.05 Å². The molecule has 0 saturated heterocycles. The first-order valence-electron chi connectivity index (χ1n) is 7.76. The number of benzene rings is 1. The normalized spacial score (nSPS) is 12.3. The molecule has 2 aromatic heterocycles. The summed E-state index contributed by atoms with van der Waals surface area (Å²) in [5.41, 5.74) is 0.974. The molecular weight excluding hydrogens is 325 g/mol. The van der Waals surface area contributed by atoms with E-state index in [1.54, 1.807) is 26.2 Å². The van der Waals surface area contributed by atoms with Gasteiger partial charge in [0.2, 0.25) is 5.91 Å². The molecule has 1 aromatic carbocycles. The summed E-state index contributed by atoms with van der Waals surface area (Å²) in [5, 5.41) is 4.37. The molecular formula is C17H18FN5O2. The Hall–Kier alpha value is -3.03. The van der Waals surface area contributed by atoms with E-state index in [0.29, 0.717) is 11.0 Å². The van der Waals surface area contributed by atoms with Crippen molar-refractivity contribution >= 4 is 16.9 Å². The summed E-state index contributed by atoms with van der Waals surface area (Å²) in [6, 6.07) is 5.74. The van der Waals surface area contributed by atoms with Crippen LogP contribution in [0.4, 0.5) is 4.39 Å². The van der Waals surface area contributed by atoms with E-state index in [9.17, 15) is 14.0 Å². The molecule has 0 spiro atoms. The van der Waals surface area contributed by atoms with E-state index in [4.69, 9.17) is 0 Å². The Morgan fingerprint density at radius 3 is 2.68 bits per heavy atom. The lowest BCUT2D eigenvalue weighted by molar-refractivity contribution is -0.132. The van der Waals surface area contributed by atoms with Gasteiger partial charge in [0.25, 0.3) is 5.56 Å². The molecule has 3 aromatic rings. The summed E-state index contributed by atoms with van der Waals surface area (Å²) < 4.78 is 15.8. The highest BCUT2D eigenvalue weighted by molar-refractivity contribution is 5.77. The first-order valence-corrected chi connectivity index (χ1v) is 7.76. The SMILES string of the molecule is CC(c1ccc(F)cc1)N(C)C(=O)Cn1cnc2c(cnn2C)c1=O. The standard InChI is InChI=1S/C17H18FN5O2/c1-11(12-4-6-13(18)7-5-12)21(2)15(24)9-23-10-19-16-14(17(23)25)8-20-22(16)3/h4-8,10-11H,9H2,1-3H3. The van der Waals surface area contributed by atoms with Gasteiger partial charge in [0.05, 0.1) is 12.2 Å². The lowest BCUT2D eigenvalue weighted by Gasteiger charge is -2.25. The second kappa shape index (κ2) is 6.46. The van der Waals surface area contributed by atoms with Gasteiger partial charge in [-0.3, -0.25) is 18.8 Å². The van der Waals surface area contributed by atoms with Crippen LogP contribution in [0.1, 0.15) is 18.5 Å². The zero-order chi connectivity index (χ0) is 18.1. The van der Waals surface area contributed by atoms with Gasteiger partial charge >= 0.3 is 0 Å². The minimum atomic E-state index is -0.327. The van der Waals surface area contributed by atoms with E-state index in [0.717, 1.165) is 5.56 Å². The van der Waals surface area contributed by atoms with Gasteiger partial charge in [-0.15, -0.1) is 0 Å². The van der Waals surface area contributed by atoms with Crippen molar-refractivity contribution in [2.24, 2.45) is 7.05 Å². The molecule has 0 saturated carbocycles. The second-order valence-corrected chi connectivity index (χ2v) is 5.92. The Kier molecular flexibility index (Phi) is 4.35. The number of nitrogens with zero attached hydrogens (tertiary/aromatic N) is 5. The average Bonchev–Trinajstić information content (AvgIpc) is 2.98. The van der Waals surface area contributed by atoms with Gasteiger partial charge in [0.15, 0.2) is 5.65 Å². The fraction of sp³-hybridized carbons (Fsp3) is 0.294. The predicted molar refractivity (Wildman–Crippen MR) is 90.4 cm³/mol. The topological polar surface area (TPSA) is 73.0 Å². The third kappa shape index (κ3) is 3.15. The summed E-state index contributed by atoms with van der Waals surface area (Å²) >= 11 is 0. The maximum atomic E-state index is 13.0. The van der Waals surface area contributed by atoms with Gasteiger partial charge in [0, 0.05) is 14.1 Å². The summed E-state index contributed by atoms with van der Waals surface area (Å²) in [6.45, 7) is 1.72.